The van der Waals surface area contributed by atoms with E-state index in [4.69, 9.17) is 9.47 Å². The van der Waals surface area contributed by atoms with Gasteiger partial charge in [-0.1, -0.05) is 24.3 Å². The highest BCUT2D eigenvalue weighted by Gasteiger charge is 2.32. The number of amides is 2. The first kappa shape index (κ1) is 22.9. The number of aromatic nitrogens is 1. The van der Waals surface area contributed by atoms with E-state index in [0.717, 1.165) is 45.5 Å². The number of fused-ring (bicyclic) bond motifs is 2. The van der Waals surface area contributed by atoms with Crippen LogP contribution in [0.1, 0.15) is 45.2 Å². The summed E-state index contributed by atoms with van der Waals surface area (Å²) in [4.78, 5) is 32.0. The smallest absolute Gasteiger partial charge is 0.415 e. The summed E-state index contributed by atoms with van der Waals surface area (Å²) >= 11 is 0. The average molecular weight is 472 g/mol. The molecule has 1 aliphatic carbocycles. The molecule has 2 amide bonds. The van der Waals surface area contributed by atoms with Gasteiger partial charge in [-0.25, -0.2) is 9.78 Å². The second-order valence-electron chi connectivity index (χ2n) is 9.97. The maximum absolute atomic E-state index is 13.0. The van der Waals surface area contributed by atoms with Crippen molar-refractivity contribution < 1.29 is 19.1 Å². The molecule has 3 heterocycles. The zero-order valence-electron chi connectivity index (χ0n) is 20.7. The Bertz CT molecular complexity index is 1340. The summed E-state index contributed by atoms with van der Waals surface area (Å²) in [5, 5.41) is 2.99. The highest BCUT2D eigenvalue weighted by Crippen LogP contribution is 2.42. The van der Waals surface area contributed by atoms with Crippen molar-refractivity contribution in [2.45, 2.75) is 46.6 Å². The molecule has 1 N–H and O–H groups in total. The molecule has 0 bridgehead atoms. The molecule has 7 nitrogen and oxygen atoms in total. The van der Waals surface area contributed by atoms with Crippen LogP contribution >= 0.6 is 0 Å². The van der Waals surface area contributed by atoms with Crippen LogP contribution in [0.4, 0.5) is 16.2 Å². The Kier molecular flexibility index (Phi) is 5.50. The van der Waals surface area contributed by atoms with Gasteiger partial charge in [0, 0.05) is 23.0 Å². The number of carbonyl (C=O) groups excluding carboxylic acids is 2. The van der Waals surface area contributed by atoms with E-state index >= 15 is 0 Å². The highest BCUT2D eigenvalue weighted by molar-refractivity contribution is 6.32. The molecule has 0 radical (unpaired) electrons. The van der Waals surface area contributed by atoms with Crippen molar-refractivity contribution in [2.24, 2.45) is 0 Å². The number of nitrogens with zero attached hydrogens (tertiary/aromatic N) is 2. The van der Waals surface area contributed by atoms with Gasteiger partial charge in [0.05, 0.1) is 12.1 Å². The highest BCUT2D eigenvalue weighted by atomic mass is 16.6. The fourth-order valence-corrected chi connectivity index (χ4v) is 4.72. The van der Waals surface area contributed by atoms with Crippen molar-refractivity contribution in [3.05, 3.63) is 64.9 Å². The van der Waals surface area contributed by atoms with Gasteiger partial charge in [0.1, 0.15) is 17.9 Å². The fourth-order valence-electron chi connectivity index (χ4n) is 4.72. The normalized spacial score (nSPS) is 17.9. The lowest BCUT2D eigenvalue weighted by molar-refractivity contribution is -0.110. The van der Waals surface area contributed by atoms with Crippen molar-refractivity contribution in [3.63, 3.8) is 0 Å². The summed E-state index contributed by atoms with van der Waals surface area (Å²) in [6, 6.07) is 5.91. The molecule has 3 aliphatic rings. The van der Waals surface area contributed by atoms with E-state index in [0.29, 0.717) is 30.3 Å². The molecule has 0 spiro atoms. The largest absolute Gasteiger partial charge is 0.474 e. The Morgan fingerprint density at radius 1 is 1.23 bits per heavy atom. The standard InChI is InChI=1S/C28H29N3O4/c1-16(18-8-6-7-9-18)23-20-14-19(10-11-22(20)30-25(23)32)21-15-29-26-24(17(21)2)31(12-13-34-26)27(33)35-28(3,4)5/h6-8,10-11,14-15H,9,12-13H2,1-5H3,(H,30,32)/b23-16-. The Morgan fingerprint density at radius 3 is 2.74 bits per heavy atom. The molecule has 5 rings (SSSR count). The second kappa shape index (κ2) is 8.41. The first-order valence-corrected chi connectivity index (χ1v) is 11.8. The third-order valence-electron chi connectivity index (χ3n) is 6.41. The first-order valence-electron chi connectivity index (χ1n) is 11.8. The van der Waals surface area contributed by atoms with Gasteiger partial charge >= 0.3 is 6.09 Å². The summed E-state index contributed by atoms with van der Waals surface area (Å²) in [6.07, 6.45) is 8.33. The Labute approximate surface area is 205 Å². The maximum Gasteiger partial charge on any atom is 0.415 e. The van der Waals surface area contributed by atoms with E-state index in [-0.39, 0.29) is 5.91 Å². The second-order valence-corrected chi connectivity index (χ2v) is 9.97. The van der Waals surface area contributed by atoms with Gasteiger partial charge in [-0.2, -0.15) is 0 Å². The predicted octanol–water partition coefficient (Wildman–Crippen LogP) is 5.80. The van der Waals surface area contributed by atoms with Crippen LogP contribution in [0.2, 0.25) is 0 Å². The number of hydrogen-bond donors (Lipinski definition) is 1. The van der Waals surface area contributed by atoms with Crippen LogP contribution < -0.4 is 15.0 Å². The van der Waals surface area contributed by atoms with Crippen LogP contribution in [0.3, 0.4) is 0 Å². The van der Waals surface area contributed by atoms with Crippen LogP contribution in [0.5, 0.6) is 5.88 Å². The number of ether oxygens (including phenoxy) is 2. The van der Waals surface area contributed by atoms with Crippen LogP contribution in [0, 0.1) is 6.92 Å². The molecule has 180 valence electrons. The van der Waals surface area contributed by atoms with Gasteiger partial charge < -0.3 is 14.8 Å². The molecule has 1 aromatic heterocycles. The molecule has 0 saturated carbocycles. The van der Waals surface area contributed by atoms with Crippen LogP contribution in [0.15, 0.2) is 53.8 Å². The average Bonchev–Trinajstić information content (AvgIpc) is 3.44. The Hall–Kier alpha value is -3.87. The van der Waals surface area contributed by atoms with E-state index in [2.05, 4.69) is 22.5 Å². The number of nitrogens with one attached hydrogen (secondary N) is 1. The molecule has 1 aromatic carbocycles. The number of benzene rings is 1. The molecule has 0 unspecified atom stereocenters. The van der Waals surface area contributed by atoms with Crippen molar-refractivity contribution in [2.75, 3.05) is 23.4 Å². The summed E-state index contributed by atoms with van der Waals surface area (Å²) in [6.45, 7) is 10.2. The SMILES string of the molecule is C/C(C1=CC=CC1)=C1/C(=O)Nc2ccc(-c3cnc4c(c3C)N(C(=O)OC(C)(C)C)CCO4)cc21. The van der Waals surface area contributed by atoms with Crippen molar-refractivity contribution in [1.82, 2.24) is 4.98 Å². The lowest BCUT2D eigenvalue weighted by Gasteiger charge is -2.32. The van der Waals surface area contributed by atoms with Crippen molar-refractivity contribution in [1.29, 1.82) is 0 Å². The number of rotatable bonds is 2. The van der Waals surface area contributed by atoms with E-state index in [1.54, 1.807) is 11.1 Å². The summed E-state index contributed by atoms with van der Waals surface area (Å²) in [5.74, 6) is 0.325. The Balaban J connectivity index is 1.58. The van der Waals surface area contributed by atoms with Gasteiger partial charge in [-0.3, -0.25) is 9.69 Å². The quantitative estimate of drug-likeness (QED) is 0.560. The molecule has 0 saturated heterocycles. The minimum Gasteiger partial charge on any atom is -0.474 e. The fraction of sp³-hybridized carbons (Fsp3) is 0.321. The van der Waals surface area contributed by atoms with Gasteiger partial charge in [-0.15, -0.1) is 0 Å². The van der Waals surface area contributed by atoms with E-state index < -0.39 is 11.7 Å². The van der Waals surface area contributed by atoms with E-state index in [1.165, 1.54) is 0 Å². The first-order chi connectivity index (χ1) is 16.6. The topological polar surface area (TPSA) is 80.8 Å². The molecule has 2 aromatic rings. The Morgan fingerprint density at radius 2 is 2.03 bits per heavy atom. The van der Waals surface area contributed by atoms with E-state index in [1.807, 2.05) is 58.9 Å². The zero-order valence-corrected chi connectivity index (χ0v) is 20.7. The number of hydrogen-bond acceptors (Lipinski definition) is 5. The minimum atomic E-state index is -0.612. The third-order valence-corrected chi connectivity index (χ3v) is 6.41. The summed E-state index contributed by atoms with van der Waals surface area (Å²) in [7, 11) is 0. The van der Waals surface area contributed by atoms with Gasteiger partial charge in [0.15, 0.2) is 0 Å². The minimum absolute atomic E-state index is 0.0905. The van der Waals surface area contributed by atoms with Gasteiger partial charge in [0.25, 0.3) is 5.91 Å². The van der Waals surface area contributed by atoms with Crippen LogP contribution in [0.25, 0.3) is 16.7 Å². The number of anilines is 2. The zero-order chi connectivity index (χ0) is 24.9. The molecule has 0 fully saturated rings. The lowest BCUT2D eigenvalue weighted by Crippen LogP contribution is -2.42. The molecule has 35 heavy (non-hydrogen) atoms. The molecule has 2 aliphatic heterocycles. The van der Waals surface area contributed by atoms with E-state index in [9.17, 15) is 9.59 Å². The van der Waals surface area contributed by atoms with Crippen molar-refractivity contribution in [3.8, 4) is 17.0 Å². The summed E-state index contributed by atoms with van der Waals surface area (Å²) < 4.78 is 11.4. The third kappa shape index (κ3) is 4.11. The number of allylic oxidation sites excluding steroid dienone is 5. The van der Waals surface area contributed by atoms with Gasteiger partial charge in [0.2, 0.25) is 5.88 Å². The maximum atomic E-state index is 13.0. The molecular weight excluding hydrogens is 442 g/mol. The van der Waals surface area contributed by atoms with Crippen LogP contribution in [-0.4, -0.2) is 35.7 Å². The van der Waals surface area contributed by atoms with Crippen molar-refractivity contribution >= 4 is 28.9 Å². The molecule has 0 atom stereocenters. The van der Waals surface area contributed by atoms with Gasteiger partial charge in [-0.05, 0) is 75.4 Å². The monoisotopic (exact) mass is 471 g/mol. The lowest BCUT2D eigenvalue weighted by atomic mass is 9.93. The molecular formula is C28H29N3O4. The van der Waals surface area contributed by atoms with Crippen LogP contribution in [-0.2, 0) is 9.53 Å². The predicted molar refractivity (Wildman–Crippen MR) is 137 cm³/mol. The summed E-state index contributed by atoms with van der Waals surface area (Å²) in [5.41, 5.74) is 7.12. The molecule has 7 heteroatoms. The number of carbonyl (C=O) groups is 2. The number of pyridine rings is 1.